The number of halogens is 1. The van der Waals surface area contributed by atoms with Crippen LogP contribution in [0.1, 0.15) is 5.56 Å². The van der Waals surface area contributed by atoms with Crippen molar-refractivity contribution in [2.24, 2.45) is 0 Å². The van der Waals surface area contributed by atoms with Crippen molar-refractivity contribution < 1.29 is 0 Å². The molecule has 0 radical (unpaired) electrons. The Bertz CT molecular complexity index is 1080. The zero-order valence-corrected chi connectivity index (χ0v) is 15.8. The standard InChI is InChI=1S/C22H21ClN4/c23-19-6-8-20(9-7-19)26-13-11-25(12-14-26)16-18-15-24-27-21-4-2-1-3-17(21)5-10-22(18)27/h1-10,15H,11-14,16H2. The van der Waals surface area contributed by atoms with Crippen LogP contribution in [0.3, 0.4) is 0 Å². The first-order chi connectivity index (χ1) is 13.3. The maximum atomic E-state index is 6.00. The second kappa shape index (κ2) is 6.87. The van der Waals surface area contributed by atoms with Gasteiger partial charge in [0.25, 0.3) is 0 Å². The molecule has 136 valence electrons. The summed E-state index contributed by atoms with van der Waals surface area (Å²) in [6, 6.07) is 20.9. The Labute approximate surface area is 163 Å². The summed E-state index contributed by atoms with van der Waals surface area (Å²) in [5.41, 5.74) is 4.91. The van der Waals surface area contributed by atoms with E-state index in [4.69, 9.17) is 11.6 Å². The second-order valence-corrected chi connectivity index (χ2v) is 7.54. The van der Waals surface area contributed by atoms with Crippen molar-refractivity contribution >= 4 is 33.7 Å². The molecule has 1 aliphatic rings. The number of nitrogens with zero attached hydrogens (tertiary/aromatic N) is 4. The SMILES string of the molecule is Clc1ccc(N2CCN(Cc3cnn4c3ccc3ccccc34)CC2)cc1. The van der Waals surface area contributed by atoms with Gasteiger partial charge in [0, 0.05) is 54.4 Å². The highest BCUT2D eigenvalue weighted by atomic mass is 35.5. The minimum absolute atomic E-state index is 0.790. The van der Waals surface area contributed by atoms with Gasteiger partial charge in [-0.25, -0.2) is 4.52 Å². The van der Waals surface area contributed by atoms with Crippen LogP contribution in [0.4, 0.5) is 5.69 Å². The molecule has 2 aromatic carbocycles. The summed E-state index contributed by atoms with van der Waals surface area (Å²) in [5.74, 6) is 0. The lowest BCUT2D eigenvalue weighted by Crippen LogP contribution is -2.45. The fourth-order valence-corrected chi connectivity index (χ4v) is 4.06. The smallest absolute Gasteiger partial charge is 0.0725 e. The number of piperazine rings is 1. The number of rotatable bonds is 3. The third kappa shape index (κ3) is 3.15. The van der Waals surface area contributed by atoms with E-state index in [2.05, 4.69) is 67.9 Å². The molecule has 0 amide bonds. The van der Waals surface area contributed by atoms with Crippen molar-refractivity contribution in [1.29, 1.82) is 0 Å². The van der Waals surface area contributed by atoms with Crippen LogP contribution in [0.25, 0.3) is 16.4 Å². The van der Waals surface area contributed by atoms with E-state index in [9.17, 15) is 0 Å². The van der Waals surface area contributed by atoms with Gasteiger partial charge in [-0.2, -0.15) is 5.10 Å². The van der Waals surface area contributed by atoms with E-state index >= 15 is 0 Å². The molecule has 2 aromatic heterocycles. The molecule has 3 heterocycles. The zero-order chi connectivity index (χ0) is 18.2. The van der Waals surface area contributed by atoms with E-state index in [0.717, 1.165) is 43.3 Å². The number of pyridine rings is 1. The quantitative estimate of drug-likeness (QED) is 0.527. The van der Waals surface area contributed by atoms with Crippen molar-refractivity contribution in [3.8, 4) is 0 Å². The van der Waals surface area contributed by atoms with Gasteiger partial charge >= 0.3 is 0 Å². The monoisotopic (exact) mass is 376 g/mol. The Kier molecular flexibility index (Phi) is 4.23. The van der Waals surface area contributed by atoms with Crippen molar-refractivity contribution in [3.05, 3.63) is 77.4 Å². The maximum absolute atomic E-state index is 6.00. The largest absolute Gasteiger partial charge is 0.369 e. The third-order valence-electron chi connectivity index (χ3n) is 5.43. The maximum Gasteiger partial charge on any atom is 0.0725 e. The molecule has 0 unspecified atom stereocenters. The molecule has 27 heavy (non-hydrogen) atoms. The van der Waals surface area contributed by atoms with Crippen LogP contribution in [0.5, 0.6) is 0 Å². The lowest BCUT2D eigenvalue weighted by atomic mass is 10.1. The minimum Gasteiger partial charge on any atom is -0.369 e. The average molecular weight is 377 g/mol. The molecule has 1 aliphatic heterocycles. The van der Waals surface area contributed by atoms with Crippen molar-refractivity contribution in [2.45, 2.75) is 6.54 Å². The van der Waals surface area contributed by atoms with E-state index in [1.165, 1.54) is 22.2 Å². The van der Waals surface area contributed by atoms with Gasteiger partial charge in [-0.1, -0.05) is 35.9 Å². The van der Waals surface area contributed by atoms with Crippen molar-refractivity contribution in [1.82, 2.24) is 14.5 Å². The summed E-state index contributed by atoms with van der Waals surface area (Å²) in [6.45, 7) is 5.10. The highest BCUT2D eigenvalue weighted by Gasteiger charge is 2.19. The average Bonchev–Trinajstić information content (AvgIpc) is 3.12. The van der Waals surface area contributed by atoms with Gasteiger partial charge in [-0.05, 0) is 36.4 Å². The molecule has 0 bridgehead atoms. The van der Waals surface area contributed by atoms with Gasteiger partial charge in [-0.15, -0.1) is 0 Å². The fraction of sp³-hybridized carbons (Fsp3) is 0.227. The number of hydrogen-bond donors (Lipinski definition) is 0. The summed E-state index contributed by atoms with van der Waals surface area (Å²) in [4.78, 5) is 4.94. The molecule has 0 saturated carbocycles. The van der Waals surface area contributed by atoms with E-state index in [1.54, 1.807) is 0 Å². The third-order valence-corrected chi connectivity index (χ3v) is 5.68. The van der Waals surface area contributed by atoms with E-state index in [-0.39, 0.29) is 0 Å². The number of aromatic nitrogens is 2. The van der Waals surface area contributed by atoms with Crippen molar-refractivity contribution in [3.63, 3.8) is 0 Å². The Morgan fingerprint density at radius 2 is 1.59 bits per heavy atom. The molecule has 1 fully saturated rings. The highest BCUT2D eigenvalue weighted by molar-refractivity contribution is 6.30. The second-order valence-electron chi connectivity index (χ2n) is 7.10. The number of fused-ring (bicyclic) bond motifs is 3. The number of anilines is 1. The summed E-state index contributed by atoms with van der Waals surface area (Å²) >= 11 is 6.00. The molecule has 4 nitrogen and oxygen atoms in total. The first-order valence-electron chi connectivity index (χ1n) is 9.35. The van der Waals surface area contributed by atoms with Gasteiger partial charge in [0.05, 0.1) is 17.2 Å². The summed E-state index contributed by atoms with van der Waals surface area (Å²) in [6.07, 6.45) is 2.02. The molecule has 0 atom stereocenters. The van der Waals surface area contributed by atoms with Gasteiger partial charge in [-0.3, -0.25) is 4.90 Å². The van der Waals surface area contributed by atoms with Crippen LogP contribution in [0.15, 0.2) is 66.9 Å². The Balaban J connectivity index is 1.32. The van der Waals surface area contributed by atoms with Crippen LogP contribution in [-0.2, 0) is 6.54 Å². The van der Waals surface area contributed by atoms with Crippen LogP contribution in [0.2, 0.25) is 5.02 Å². The zero-order valence-electron chi connectivity index (χ0n) is 15.1. The molecule has 0 spiro atoms. The van der Waals surface area contributed by atoms with Crippen LogP contribution in [0, 0.1) is 0 Å². The molecule has 1 saturated heterocycles. The van der Waals surface area contributed by atoms with E-state index < -0.39 is 0 Å². The number of benzene rings is 2. The first kappa shape index (κ1) is 16.6. The molecule has 4 aromatic rings. The Morgan fingerprint density at radius 1 is 0.815 bits per heavy atom. The first-order valence-corrected chi connectivity index (χ1v) is 9.73. The number of para-hydroxylation sites is 1. The molecule has 0 N–H and O–H groups in total. The van der Waals surface area contributed by atoms with Crippen LogP contribution >= 0.6 is 11.6 Å². The predicted molar refractivity (Wildman–Crippen MR) is 112 cm³/mol. The van der Waals surface area contributed by atoms with Crippen LogP contribution < -0.4 is 4.90 Å². The van der Waals surface area contributed by atoms with Crippen molar-refractivity contribution in [2.75, 3.05) is 31.1 Å². The van der Waals surface area contributed by atoms with Gasteiger partial charge in [0.1, 0.15) is 0 Å². The Morgan fingerprint density at radius 3 is 2.41 bits per heavy atom. The lowest BCUT2D eigenvalue weighted by Gasteiger charge is -2.36. The predicted octanol–water partition coefficient (Wildman–Crippen LogP) is 4.46. The molecule has 0 aliphatic carbocycles. The fourth-order valence-electron chi connectivity index (χ4n) is 3.93. The van der Waals surface area contributed by atoms with E-state index in [1.807, 2.05) is 18.3 Å². The highest BCUT2D eigenvalue weighted by Crippen LogP contribution is 2.22. The summed E-state index contributed by atoms with van der Waals surface area (Å²) in [5, 5.41) is 6.66. The van der Waals surface area contributed by atoms with Gasteiger partial charge in [0.15, 0.2) is 0 Å². The number of hydrogen-bond acceptors (Lipinski definition) is 3. The lowest BCUT2D eigenvalue weighted by molar-refractivity contribution is 0.250. The summed E-state index contributed by atoms with van der Waals surface area (Å²) in [7, 11) is 0. The minimum atomic E-state index is 0.790. The molecule has 5 rings (SSSR count). The van der Waals surface area contributed by atoms with Gasteiger partial charge < -0.3 is 4.90 Å². The molecular formula is C22H21ClN4. The van der Waals surface area contributed by atoms with Gasteiger partial charge in [0.2, 0.25) is 0 Å². The topological polar surface area (TPSA) is 23.8 Å². The molecule has 5 heteroatoms. The summed E-state index contributed by atoms with van der Waals surface area (Å²) < 4.78 is 2.06. The van der Waals surface area contributed by atoms with E-state index in [0.29, 0.717) is 0 Å². The normalized spacial score (nSPS) is 15.7. The molecular weight excluding hydrogens is 356 g/mol. The Hall–Kier alpha value is -2.56. The van der Waals surface area contributed by atoms with Crippen LogP contribution in [-0.4, -0.2) is 40.7 Å².